The normalized spacial score (nSPS) is 11.9. The molecule has 31 heavy (non-hydrogen) atoms. The van der Waals surface area contributed by atoms with Gasteiger partial charge in [0.2, 0.25) is 0 Å². The van der Waals surface area contributed by atoms with Crippen molar-refractivity contribution in [1.29, 1.82) is 0 Å². The number of nitrogens with one attached hydrogen (secondary N) is 1. The number of carbonyl (C=O) groups is 1. The zero-order chi connectivity index (χ0) is 22.8. The minimum absolute atomic E-state index is 0.0658. The summed E-state index contributed by atoms with van der Waals surface area (Å²) in [5.41, 5.74) is 5.01. The number of hydrogen-bond acceptors (Lipinski definition) is 2. The third-order valence-electron chi connectivity index (χ3n) is 5.52. The van der Waals surface area contributed by atoms with Gasteiger partial charge in [-0.15, -0.1) is 0 Å². The molecular weight excluding hydrogens is 382 g/mol. The predicted molar refractivity (Wildman–Crippen MR) is 129 cm³/mol. The summed E-state index contributed by atoms with van der Waals surface area (Å²) < 4.78 is 0. The number of hydrogen-bond donors (Lipinski definition) is 2. The van der Waals surface area contributed by atoms with Gasteiger partial charge < -0.3 is 10.4 Å². The quantitative estimate of drug-likeness (QED) is 0.505. The molecule has 0 unspecified atom stereocenters. The van der Waals surface area contributed by atoms with Crippen molar-refractivity contribution < 1.29 is 9.90 Å². The Morgan fingerprint density at radius 2 is 1.45 bits per heavy atom. The van der Waals surface area contributed by atoms with Crippen LogP contribution in [0.1, 0.15) is 68.6 Å². The van der Waals surface area contributed by atoms with Gasteiger partial charge in [-0.05, 0) is 45.2 Å². The summed E-state index contributed by atoms with van der Waals surface area (Å²) in [6, 6.07) is 22.2. The molecule has 0 radical (unpaired) electrons. The Bertz CT molecular complexity index is 1070. The lowest BCUT2D eigenvalue weighted by atomic mass is 9.79. The molecule has 0 saturated carbocycles. The van der Waals surface area contributed by atoms with E-state index in [-0.39, 0.29) is 22.5 Å². The van der Waals surface area contributed by atoms with E-state index in [4.69, 9.17) is 0 Å². The summed E-state index contributed by atoms with van der Waals surface area (Å²) >= 11 is 0. The largest absolute Gasteiger partial charge is 0.507 e. The van der Waals surface area contributed by atoms with Gasteiger partial charge in [0, 0.05) is 12.1 Å². The van der Waals surface area contributed by atoms with Crippen LogP contribution in [0.5, 0.6) is 5.75 Å². The zero-order valence-corrected chi connectivity index (χ0v) is 19.4. The van der Waals surface area contributed by atoms with Gasteiger partial charge in [-0.25, -0.2) is 0 Å². The van der Waals surface area contributed by atoms with Crippen molar-refractivity contribution in [3.05, 3.63) is 89.0 Å². The fraction of sp³-hybridized carbons (Fsp3) is 0.321. The van der Waals surface area contributed by atoms with E-state index in [1.54, 1.807) is 0 Å². The van der Waals surface area contributed by atoms with E-state index in [1.165, 1.54) is 0 Å². The van der Waals surface area contributed by atoms with Crippen LogP contribution in [0.25, 0.3) is 11.1 Å². The second-order valence-electron chi connectivity index (χ2n) is 10.2. The van der Waals surface area contributed by atoms with E-state index in [2.05, 4.69) is 50.4 Å². The number of benzene rings is 3. The first kappa shape index (κ1) is 22.6. The minimum Gasteiger partial charge on any atom is -0.507 e. The number of rotatable bonds is 4. The Labute approximate surface area is 186 Å². The number of phenols is 1. The predicted octanol–water partition coefficient (Wildman–Crippen LogP) is 6.58. The molecule has 0 aliphatic heterocycles. The summed E-state index contributed by atoms with van der Waals surface area (Å²) in [4.78, 5) is 13.1. The summed E-state index contributed by atoms with van der Waals surface area (Å²) in [6.45, 7) is 12.9. The molecule has 0 fully saturated rings. The average Bonchev–Trinajstić information content (AvgIpc) is 2.71. The molecular formula is C28H33NO2. The number of amides is 1. The van der Waals surface area contributed by atoms with Crippen molar-refractivity contribution in [2.75, 3.05) is 0 Å². The Kier molecular flexibility index (Phi) is 6.26. The van der Waals surface area contributed by atoms with Gasteiger partial charge in [-0.1, -0.05) is 96.1 Å². The molecule has 0 aliphatic rings. The third kappa shape index (κ3) is 5.35. The highest BCUT2D eigenvalue weighted by atomic mass is 16.3. The first-order valence-electron chi connectivity index (χ1n) is 10.8. The second-order valence-corrected chi connectivity index (χ2v) is 10.2. The molecule has 0 aromatic heterocycles. The zero-order valence-electron chi connectivity index (χ0n) is 19.4. The van der Waals surface area contributed by atoms with E-state index in [1.807, 2.05) is 63.2 Å². The lowest BCUT2D eigenvalue weighted by Crippen LogP contribution is -2.25. The number of carbonyl (C=O) groups excluding carboxylic acids is 1. The van der Waals surface area contributed by atoms with Crippen molar-refractivity contribution in [3.63, 3.8) is 0 Å². The third-order valence-corrected chi connectivity index (χ3v) is 5.52. The molecule has 1 amide bonds. The molecule has 3 rings (SSSR count). The van der Waals surface area contributed by atoms with Crippen LogP contribution in [0.15, 0.2) is 66.7 Å². The summed E-state index contributed by atoms with van der Waals surface area (Å²) in [7, 11) is 0. The molecule has 3 aromatic rings. The Morgan fingerprint density at radius 3 is 2.06 bits per heavy atom. The lowest BCUT2D eigenvalue weighted by Gasteiger charge is -2.27. The average molecular weight is 416 g/mol. The number of phenolic OH excluding ortho intramolecular Hbond substituents is 1. The standard InChI is InChI=1S/C28H33NO2/c1-27(2,3)22-16-23(25(30)24(17-22)28(4,5)6)26(31)29-18-19-11-10-14-21(15-19)20-12-8-7-9-13-20/h7-17,30H,18H2,1-6H3,(H,29,31). The smallest absolute Gasteiger partial charge is 0.255 e. The maximum absolute atomic E-state index is 13.1. The highest BCUT2D eigenvalue weighted by molar-refractivity contribution is 5.97. The van der Waals surface area contributed by atoms with Crippen LogP contribution >= 0.6 is 0 Å². The van der Waals surface area contributed by atoms with Gasteiger partial charge in [0.1, 0.15) is 5.75 Å². The molecule has 0 atom stereocenters. The fourth-order valence-corrected chi connectivity index (χ4v) is 3.58. The molecule has 0 heterocycles. The Morgan fingerprint density at radius 1 is 0.806 bits per heavy atom. The van der Waals surface area contributed by atoms with Gasteiger partial charge >= 0.3 is 0 Å². The van der Waals surface area contributed by atoms with E-state index in [0.29, 0.717) is 12.1 Å². The topological polar surface area (TPSA) is 49.3 Å². The van der Waals surface area contributed by atoms with Crippen molar-refractivity contribution in [2.45, 2.75) is 58.9 Å². The van der Waals surface area contributed by atoms with Gasteiger partial charge in [0.15, 0.2) is 0 Å². The molecule has 0 spiro atoms. The van der Waals surface area contributed by atoms with Crippen LogP contribution in [0.3, 0.4) is 0 Å². The molecule has 3 aromatic carbocycles. The van der Waals surface area contributed by atoms with E-state index in [9.17, 15) is 9.90 Å². The highest BCUT2D eigenvalue weighted by Crippen LogP contribution is 2.37. The summed E-state index contributed by atoms with van der Waals surface area (Å²) in [5, 5.41) is 13.9. The first-order chi connectivity index (χ1) is 14.5. The Hall–Kier alpha value is -3.07. The molecule has 3 nitrogen and oxygen atoms in total. The SMILES string of the molecule is CC(C)(C)c1cc(C(=O)NCc2cccc(-c3ccccc3)c2)c(O)c(C(C)(C)C)c1. The minimum atomic E-state index is -0.273. The maximum atomic E-state index is 13.1. The van der Waals surface area contributed by atoms with Crippen LogP contribution in [0, 0.1) is 0 Å². The second kappa shape index (κ2) is 8.58. The van der Waals surface area contributed by atoms with E-state index in [0.717, 1.165) is 27.8 Å². The summed E-state index contributed by atoms with van der Waals surface area (Å²) in [5.74, 6) is -0.199. The van der Waals surface area contributed by atoms with Crippen LogP contribution in [-0.2, 0) is 17.4 Å². The van der Waals surface area contributed by atoms with Crippen LogP contribution in [0.2, 0.25) is 0 Å². The maximum Gasteiger partial charge on any atom is 0.255 e. The Balaban J connectivity index is 1.87. The number of aromatic hydroxyl groups is 1. The lowest BCUT2D eigenvalue weighted by molar-refractivity contribution is 0.0948. The molecule has 3 heteroatoms. The monoisotopic (exact) mass is 415 g/mol. The first-order valence-corrected chi connectivity index (χ1v) is 10.8. The van der Waals surface area contributed by atoms with Gasteiger partial charge in [-0.3, -0.25) is 4.79 Å². The van der Waals surface area contributed by atoms with Crippen LogP contribution in [-0.4, -0.2) is 11.0 Å². The van der Waals surface area contributed by atoms with Gasteiger partial charge in [0.05, 0.1) is 5.56 Å². The molecule has 2 N–H and O–H groups in total. The van der Waals surface area contributed by atoms with E-state index >= 15 is 0 Å². The fourth-order valence-electron chi connectivity index (χ4n) is 3.58. The highest BCUT2D eigenvalue weighted by Gasteiger charge is 2.27. The van der Waals surface area contributed by atoms with Gasteiger partial charge in [-0.2, -0.15) is 0 Å². The van der Waals surface area contributed by atoms with Crippen molar-refractivity contribution in [2.24, 2.45) is 0 Å². The molecule has 162 valence electrons. The van der Waals surface area contributed by atoms with Crippen molar-refractivity contribution >= 4 is 5.91 Å². The molecule has 0 aliphatic carbocycles. The van der Waals surface area contributed by atoms with Crippen LogP contribution in [0.4, 0.5) is 0 Å². The molecule has 0 saturated heterocycles. The van der Waals surface area contributed by atoms with Crippen LogP contribution < -0.4 is 5.32 Å². The van der Waals surface area contributed by atoms with Crippen molar-refractivity contribution in [3.8, 4) is 16.9 Å². The molecule has 0 bridgehead atoms. The summed E-state index contributed by atoms with van der Waals surface area (Å²) in [6.07, 6.45) is 0. The van der Waals surface area contributed by atoms with Crippen molar-refractivity contribution in [1.82, 2.24) is 5.32 Å². The van der Waals surface area contributed by atoms with Gasteiger partial charge in [0.25, 0.3) is 5.91 Å². The van der Waals surface area contributed by atoms with E-state index < -0.39 is 0 Å².